The molecule has 3 nitrogen and oxygen atoms in total. The first-order valence-electron chi connectivity index (χ1n) is 4.85. The Labute approximate surface area is 97.7 Å². The predicted molar refractivity (Wildman–Crippen MR) is 62.4 cm³/mol. The standard InChI is InChI=1S/C12H11NO2S/c1-15-12(14)10(11-13-7-8-16-11)9-5-3-2-4-6-9/h2-8,10H,1H3. The zero-order valence-electron chi connectivity index (χ0n) is 8.79. The molecule has 82 valence electrons. The number of hydrogen-bond acceptors (Lipinski definition) is 4. The summed E-state index contributed by atoms with van der Waals surface area (Å²) in [5, 5.41) is 2.62. The molecule has 2 rings (SSSR count). The molecule has 16 heavy (non-hydrogen) atoms. The highest BCUT2D eigenvalue weighted by atomic mass is 32.1. The molecular formula is C12H11NO2S. The van der Waals surface area contributed by atoms with Gasteiger partial charge in [0.2, 0.25) is 0 Å². The third-order valence-electron chi connectivity index (χ3n) is 2.27. The molecule has 0 aliphatic carbocycles. The van der Waals surface area contributed by atoms with E-state index < -0.39 is 5.92 Å². The zero-order valence-corrected chi connectivity index (χ0v) is 9.61. The van der Waals surface area contributed by atoms with Crippen molar-refractivity contribution in [1.29, 1.82) is 0 Å². The average Bonchev–Trinajstić information content (AvgIpc) is 2.84. The van der Waals surface area contributed by atoms with Crippen LogP contribution in [-0.2, 0) is 9.53 Å². The number of benzene rings is 1. The van der Waals surface area contributed by atoms with Crippen LogP contribution in [0.3, 0.4) is 0 Å². The maximum atomic E-state index is 11.8. The molecule has 0 bridgehead atoms. The van der Waals surface area contributed by atoms with Crippen LogP contribution in [0.1, 0.15) is 16.5 Å². The number of thiazole rings is 1. The van der Waals surface area contributed by atoms with Crippen LogP contribution in [0, 0.1) is 0 Å². The van der Waals surface area contributed by atoms with Gasteiger partial charge in [0.25, 0.3) is 0 Å². The Bertz CT molecular complexity index is 453. The third kappa shape index (κ3) is 2.12. The highest BCUT2D eigenvalue weighted by Crippen LogP contribution is 2.27. The van der Waals surface area contributed by atoms with E-state index in [-0.39, 0.29) is 5.97 Å². The van der Waals surface area contributed by atoms with Crippen LogP contribution in [0.25, 0.3) is 0 Å². The Balaban J connectivity index is 2.40. The highest BCUT2D eigenvalue weighted by Gasteiger charge is 2.25. The van der Waals surface area contributed by atoms with E-state index in [1.807, 2.05) is 35.7 Å². The lowest BCUT2D eigenvalue weighted by molar-refractivity contribution is -0.141. The van der Waals surface area contributed by atoms with Gasteiger partial charge in [0.15, 0.2) is 0 Å². The summed E-state index contributed by atoms with van der Waals surface area (Å²) < 4.78 is 4.82. The maximum Gasteiger partial charge on any atom is 0.320 e. The second-order valence-electron chi connectivity index (χ2n) is 3.24. The summed E-state index contributed by atoms with van der Waals surface area (Å²) in [6.45, 7) is 0. The van der Waals surface area contributed by atoms with Crippen LogP contribution < -0.4 is 0 Å². The van der Waals surface area contributed by atoms with Gasteiger partial charge in [-0.05, 0) is 5.56 Å². The molecule has 0 radical (unpaired) electrons. The first kappa shape index (κ1) is 10.8. The van der Waals surface area contributed by atoms with E-state index in [2.05, 4.69) is 4.98 Å². The van der Waals surface area contributed by atoms with E-state index >= 15 is 0 Å². The maximum absolute atomic E-state index is 11.8. The van der Waals surface area contributed by atoms with Gasteiger partial charge in [-0.25, -0.2) is 4.98 Å². The van der Waals surface area contributed by atoms with Crippen molar-refractivity contribution >= 4 is 17.3 Å². The van der Waals surface area contributed by atoms with Gasteiger partial charge >= 0.3 is 5.97 Å². The molecule has 0 amide bonds. The number of ether oxygens (including phenoxy) is 1. The Morgan fingerprint density at radius 1 is 1.38 bits per heavy atom. The number of carbonyl (C=O) groups is 1. The summed E-state index contributed by atoms with van der Waals surface area (Å²) in [6, 6.07) is 9.53. The molecular weight excluding hydrogens is 222 g/mol. The summed E-state index contributed by atoms with van der Waals surface area (Å²) in [5.41, 5.74) is 0.907. The lowest BCUT2D eigenvalue weighted by Gasteiger charge is -2.11. The van der Waals surface area contributed by atoms with Crippen LogP contribution in [-0.4, -0.2) is 18.1 Å². The minimum Gasteiger partial charge on any atom is -0.468 e. The summed E-state index contributed by atoms with van der Waals surface area (Å²) in [7, 11) is 1.39. The van der Waals surface area contributed by atoms with Crippen LogP contribution in [0.15, 0.2) is 41.9 Å². The average molecular weight is 233 g/mol. The topological polar surface area (TPSA) is 39.2 Å². The summed E-state index contributed by atoms with van der Waals surface area (Å²) in [5.74, 6) is -0.688. The molecule has 1 heterocycles. The van der Waals surface area contributed by atoms with Crippen molar-refractivity contribution in [3.8, 4) is 0 Å². The van der Waals surface area contributed by atoms with Gasteiger partial charge < -0.3 is 4.74 Å². The van der Waals surface area contributed by atoms with Crippen LogP contribution in [0.4, 0.5) is 0 Å². The Morgan fingerprint density at radius 2 is 2.12 bits per heavy atom. The normalized spacial score (nSPS) is 12.1. The lowest BCUT2D eigenvalue weighted by atomic mass is 10.0. The quantitative estimate of drug-likeness (QED) is 0.764. The molecule has 0 saturated carbocycles. The number of nitrogens with zero attached hydrogens (tertiary/aromatic N) is 1. The third-order valence-corrected chi connectivity index (χ3v) is 3.11. The molecule has 1 atom stereocenters. The number of hydrogen-bond donors (Lipinski definition) is 0. The second kappa shape index (κ2) is 4.90. The molecule has 0 fully saturated rings. The number of carbonyl (C=O) groups excluding carboxylic acids is 1. The van der Waals surface area contributed by atoms with Gasteiger partial charge in [0.1, 0.15) is 10.9 Å². The van der Waals surface area contributed by atoms with Crippen LogP contribution in [0.5, 0.6) is 0 Å². The van der Waals surface area contributed by atoms with Gasteiger partial charge in [-0.3, -0.25) is 4.79 Å². The van der Waals surface area contributed by atoms with E-state index in [0.717, 1.165) is 10.6 Å². The van der Waals surface area contributed by atoms with Crippen molar-refractivity contribution in [3.05, 3.63) is 52.5 Å². The summed E-state index contributed by atoms with van der Waals surface area (Å²) in [6.07, 6.45) is 1.69. The number of methoxy groups -OCH3 is 1. The van der Waals surface area contributed by atoms with Gasteiger partial charge in [-0.15, -0.1) is 11.3 Å². The van der Waals surface area contributed by atoms with Crippen molar-refractivity contribution in [2.75, 3.05) is 7.11 Å². The first-order valence-corrected chi connectivity index (χ1v) is 5.73. The minimum atomic E-state index is -0.411. The summed E-state index contributed by atoms with van der Waals surface area (Å²) in [4.78, 5) is 15.9. The van der Waals surface area contributed by atoms with E-state index in [1.54, 1.807) is 6.20 Å². The van der Waals surface area contributed by atoms with Gasteiger partial charge in [-0.1, -0.05) is 30.3 Å². The molecule has 0 saturated heterocycles. The van der Waals surface area contributed by atoms with Crippen LogP contribution in [0.2, 0.25) is 0 Å². The molecule has 1 aromatic carbocycles. The smallest absolute Gasteiger partial charge is 0.320 e. The minimum absolute atomic E-state index is 0.277. The van der Waals surface area contributed by atoms with Crippen molar-refractivity contribution < 1.29 is 9.53 Å². The Kier molecular flexibility index (Phi) is 3.31. The number of aromatic nitrogens is 1. The monoisotopic (exact) mass is 233 g/mol. The molecule has 0 aliphatic heterocycles. The van der Waals surface area contributed by atoms with Gasteiger partial charge in [-0.2, -0.15) is 0 Å². The Morgan fingerprint density at radius 3 is 2.69 bits per heavy atom. The lowest BCUT2D eigenvalue weighted by Crippen LogP contribution is -2.15. The Hall–Kier alpha value is -1.68. The fourth-order valence-electron chi connectivity index (χ4n) is 1.52. The van der Waals surface area contributed by atoms with E-state index in [0.29, 0.717) is 0 Å². The summed E-state index contributed by atoms with van der Waals surface area (Å²) >= 11 is 1.46. The number of esters is 1. The van der Waals surface area contributed by atoms with E-state index in [1.165, 1.54) is 18.4 Å². The SMILES string of the molecule is COC(=O)C(c1ccccc1)c1nccs1. The highest BCUT2D eigenvalue weighted by molar-refractivity contribution is 7.09. The fourth-order valence-corrected chi connectivity index (χ4v) is 2.27. The van der Waals surface area contributed by atoms with Gasteiger partial charge in [0, 0.05) is 11.6 Å². The molecule has 0 spiro atoms. The molecule has 2 aromatic rings. The van der Waals surface area contributed by atoms with Gasteiger partial charge in [0.05, 0.1) is 7.11 Å². The predicted octanol–water partition coefficient (Wildman–Crippen LogP) is 2.45. The van der Waals surface area contributed by atoms with Crippen molar-refractivity contribution in [2.45, 2.75) is 5.92 Å². The largest absolute Gasteiger partial charge is 0.468 e. The molecule has 4 heteroatoms. The molecule has 0 N–H and O–H groups in total. The van der Waals surface area contributed by atoms with Crippen molar-refractivity contribution in [1.82, 2.24) is 4.98 Å². The zero-order chi connectivity index (χ0) is 11.4. The first-order chi connectivity index (χ1) is 7.83. The van der Waals surface area contributed by atoms with Crippen molar-refractivity contribution in [3.63, 3.8) is 0 Å². The number of rotatable bonds is 3. The molecule has 1 unspecified atom stereocenters. The fraction of sp³-hybridized carbons (Fsp3) is 0.167. The van der Waals surface area contributed by atoms with Crippen LogP contribution >= 0.6 is 11.3 Å². The van der Waals surface area contributed by atoms with Crippen molar-refractivity contribution in [2.24, 2.45) is 0 Å². The van der Waals surface area contributed by atoms with E-state index in [4.69, 9.17) is 4.74 Å². The molecule has 0 aliphatic rings. The molecule has 1 aromatic heterocycles. The van der Waals surface area contributed by atoms with E-state index in [9.17, 15) is 4.79 Å². The second-order valence-corrected chi connectivity index (χ2v) is 4.16.